The molecule has 5 nitrogen and oxygen atoms in total. The molecule has 0 bridgehead atoms. The van der Waals surface area contributed by atoms with E-state index < -0.39 is 5.63 Å². The number of fused-ring (bicyclic) bond motifs is 1. The van der Waals surface area contributed by atoms with Crippen LogP contribution in [0, 0.1) is 6.92 Å². The summed E-state index contributed by atoms with van der Waals surface area (Å²) < 4.78 is 5.05. The van der Waals surface area contributed by atoms with Crippen molar-refractivity contribution in [2.75, 3.05) is 0 Å². The van der Waals surface area contributed by atoms with Gasteiger partial charge in [-0.2, -0.15) is 0 Å². The molecule has 0 radical (unpaired) electrons. The molecule has 0 atom stereocenters. The van der Waals surface area contributed by atoms with Crippen LogP contribution in [0.2, 0.25) is 0 Å². The van der Waals surface area contributed by atoms with Gasteiger partial charge in [-0.05, 0) is 30.2 Å². The van der Waals surface area contributed by atoms with Crippen molar-refractivity contribution in [3.8, 4) is 0 Å². The first-order chi connectivity index (χ1) is 7.70. The van der Waals surface area contributed by atoms with E-state index >= 15 is 0 Å². The lowest BCUT2D eigenvalue weighted by Gasteiger charge is -2.02. The minimum atomic E-state index is -0.431. The van der Waals surface area contributed by atoms with E-state index in [2.05, 4.69) is 10.0 Å². The molecule has 5 heteroatoms. The summed E-state index contributed by atoms with van der Waals surface area (Å²) in [6.45, 7) is 2.10. The van der Waals surface area contributed by atoms with E-state index in [0.717, 1.165) is 10.9 Å². The number of hydrogen-bond donors (Lipinski definition) is 0. The predicted octanol–water partition coefficient (Wildman–Crippen LogP) is 2.91. The maximum atomic E-state index is 11.3. The van der Waals surface area contributed by atoms with Gasteiger partial charge in [0.05, 0.1) is 6.54 Å². The van der Waals surface area contributed by atoms with Gasteiger partial charge in [0.15, 0.2) is 0 Å². The Balaban J connectivity index is 2.73. The van der Waals surface area contributed by atoms with E-state index in [9.17, 15) is 4.79 Å². The van der Waals surface area contributed by atoms with Gasteiger partial charge in [0, 0.05) is 16.4 Å². The highest BCUT2D eigenvalue weighted by Gasteiger charge is 2.04. The molecule has 0 saturated heterocycles. The maximum Gasteiger partial charge on any atom is 0.336 e. The van der Waals surface area contributed by atoms with E-state index in [4.69, 9.17) is 9.95 Å². The molecule has 1 heterocycles. The quantitative estimate of drug-likeness (QED) is 0.334. The molecule has 0 saturated carbocycles. The average Bonchev–Trinajstić information content (AvgIpc) is 2.26. The number of aryl methyl sites for hydroxylation is 1. The first-order valence-corrected chi connectivity index (χ1v) is 4.75. The zero-order chi connectivity index (χ0) is 11.5. The zero-order valence-electron chi connectivity index (χ0n) is 8.67. The summed E-state index contributed by atoms with van der Waals surface area (Å²) in [5, 5.41) is 4.27. The first kappa shape index (κ1) is 10.3. The highest BCUT2D eigenvalue weighted by molar-refractivity contribution is 5.80. The largest absolute Gasteiger partial charge is 0.423 e. The number of nitrogens with zero attached hydrogens (tertiary/aromatic N) is 3. The highest BCUT2D eigenvalue weighted by atomic mass is 16.4. The zero-order valence-corrected chi connectivity index (χ0v) is 8.67. The van der Waals surface area contributed by atoms with Crippen molar-refractivity contribution in [2.45, 2.75) is 13.5 Å². The SMILES string of the molecule is Cc1ccc2oc(=O)cc(CN=[N+]=[N-])c2c1. The number of benzene rings is 1. The van der Waals surface area contributed by atoms with Crippen molar-refractivity contribution in [3.05, 3.63) is 56.3 Å². The van der Waals surface area contributed by atoms with Crippen LogP contribution in [0.15, 0.2) is 38.6 Å². The molecular weight excluding hydrogens is 206 g/mol. The van der Waals surface area contributed by atoms with E-state index in [1.807, 2.05) is 19.1 Å². The Hall–Kier alpha value is -2.26. The van der Waals surface area contributed by atoms with Crippen LogP contribution < -0.4 is 5.63 Å². The summed E-state index contributed by atoms with van der Waals surface area (Å²) in [5.74, 6) is 0. The van der Waals surface area contributed by atoms with Crippen LogP contribution in [0.25, 0.3) is 21.4 Å². The molecule has 0 aliphatic rings. The average molecular weight is 215 g/mol. The number of hydrogen-bond acceptors (Lipinski definition) is 3. The highest BCUT2D eigenvalue weighted by Crippen LogP contribution is 2.19. The van der Waals surface area contributed by atoms with E-state index in [1.54, 1.807) is 6.07 Å². The molecule has 1 aromatic heterocycles. The molecule has 2 aromatic rings. The Morgan fingerprint density at radius 2 is 2.25 bits per heavy atom. The Labute approximate surface area is 90.9 Å². The van der Waals surface area contributed by atoms with E-state index in [0.29, 0.717) is 11.1 Å². The van der Waals surface area contributed by atoms with Crippen LogP contribution >= 0.6 is 0 Å². The fraction of sp³-hybridized carbons (Fsp3) is 0.182. The lowest BCUT2D eigenvalue weighted by atomic mass is 10.1. The van der Waals surface area contributed by atoms with Gasteiger partial charge < -0.3 is 4.42 Å². The van der Waals surface area contributed by atoms with Crippen LogP contribution in [0.1, 0.15) is 11.1 Å². The minimum absolute atomic E-state index is 0.155. The van der Waals surface area contributed by atoms with Gasteiger partial charge >= 0.3 is 5.63 Å². The van der Waals surface area contributed by atoms with Gasteiger partial charge in [0.25, 0.3) is 0 Å². The predicted molar refractivity (Wildman–Crippen MR) is 60.1 cm³/mol. The Kier molecular flexibility index (Phi) is 2.62. The van der Waals surface area contributed by atoms with Gasteiger partial charge in [-0.3, -0.25) is 0 Å². The summed E-state index contributed by atoms with van der Waals surface area (Å²) in [6.07, 6.45) is 0. The third kappa shape index (κ3) is 1.89. The Morgan fingerprint density at radius 3 is 3.00 bits per heavy atom. The molecule has 0 spiro atoms. The Bertz CT molecular complexity index is 639. The summed E-state index contributed by atoms with van der Waals surface area (Å²) in [5.41, 5.74) is 10.1. The standard InChI is InChI=1S/C11H9N3O2/c1-7-2-3-10-9(4-7)8(6-13-14-12)5-11(15)16-10/h2-5H,6H2,1H3. The van der Waals surface area contributed by atoms with Crippen molar-refractivity contribution in [2.24, 2.45) is 5.11 Å². The second kappa shape index (κ2) is 4.08. The molecule has 0 amide bonds. The second-order valence-corrected chi connectivity index (χ2v) is 3.48. The van der Waals surface area contributed by atoms with E-state index in [1.165, 1.54) is 6.07 Å². The third-order valence-corrected chi connectivity index (χ3v) is 2.29. The fourth-order valence-electron chi connectivity index (χ4n) is 1.58. The fourth-order valence-corrected chi connectivity index (χ4v) is 1.58. The van der Waals surface area contributed by atoms with Crippen molar-refractivity contribution in [1.29, 1.82) is 0 Å². The van der Waals surface area contributed by atoms with Crippen LogP contribution in [0.3, 0.4) is 0 Å². The van der Waals surface area contributed by atoms with Gasteiger partial charge in [-0.15, -0.1) is 0 Å². The van der Waals surface area contributed by atoms with Crippen molar-refractivity contribution >= 4 is 11.0 Å². The molecular formula is C11H9N3O2. The lowest BCUT2D eigenvalue weighted by Crippen LogP contribution is -2.00. The monoisotopic (exact) mass is 215 g/mol. The molecule has 1 aromatic carbocycles. The van der Waals surface area contributed by atoms with Gasteiger partial charge in [-0.1, -0.05) is 16.7 Å². The molecule has 2 rings (SSSR count). The summed E-state index contributed by atoms with van der Waals surface area (Å²) in [4.78, 5) is 13.9. The third-order valence-electron chi connectivity index (χ3n) is 2.29. The Morgan fingerprint density at radius 1 is 1.44 bits per heavy atom. The maximum absolute atomic E-state index is 11.3. The molecule has 0 unspecified atom stereocenters. The van der Waals surface area contributed by atoms with Crippen molar-refractivity contribution in [1.82, 2.24) is 0 Å². The summed E-state index contributed by atoms with van der Waals surface area (Å²) in [6, 6.07) is 6.87. The number of azide groups is 1. The topological polar surface area (TPSA) is 79.0 Å². The van der Waals surface area contributed by atoms with Crippen LogP contribution in [-0.4, -0.2) is 0 Å². The molecule has 0 aliphatic carbocycles. The summed E-state index contributed by atoms with van der Waals surface area (Å²) in [7, 11) is 0. The van der Waals surface area contributed by atoms with Crippen LogP contribution in [0.4, 0.5) is 0 Å². The van der Waals surface area contributed by atoms with E-state index in [-0.39, 0.29) is 6.54 Å². The molecule has 0 N–H and O–H groups in total. The minimum Gasteiger partial charge on any atom is -0.423 e. The van der Waals surface area contributed by atoms with Crippen LogP contribution in [0.5, 0.6) is 0 Å². The lowest BCUT2D eigenvalue weighted by molar-refractivity contribution is 0.559. The first-order valence-electron chi connectivity index (χ1n) is 4.75. The second-order valence-electron chi connectivity index (χ2n) is 3.48. The van der Waals surface area contributed by atoms with Crippen molar-refractivity contribution in [3.63, 3.8) is 0 Å². The van der Waals surface area contributed by atoms with Crippen LogP contribution in [-0.2, 0) is 6.54 Å². The molecule has 16 heavy (non-hydrogen) atoms. The number of rotatable bonds is 2. The smallest absolute Gasteiger partial charge is 0.336 e. The summed E-state index contributed by atoms with van der Waals surface area (Å²) >= 11 is 0. The van der Waals surface area contributed by atoms with Gasteiger partial charge in [-0.25, -0.2) is 4.79 Å². The van der Waals surface area contributed by atoms with Gasteiger partial charge in [0.2, 0.25) is 0 Å². The van der Waals surface area contributed by atoms with Crippen molar-refractivity contribution < 1.29 is 4.42 Å². The molecule has 80 valence electrons. The molecule has 0 aliphatic heterocycles. The normalized spacial score (nSPS) is 10.1. The molecule has 0 fully saturated rings. The van der Waals surface area contributed by atoms with Gasteiger partial charge in [0.1, 0.15) is 5.58 Å².